The number of hydrogen-bond donors (Lipinski definition) is 1. The number of fused-ring (bicyclic) bond motifs is 1. The minimum atomic E-state index is -0.162. The van der Waals surface area contributed by atoms with E-state index in [1.165, 1.54) is 0 Å². The van der Waals surface area contributed by atoms with Crippen LogP contribution in [0.15, 0.2) is 72.9 Å². The first-order valence-electron chi connectivity index (χ1n) is 9.52. The summed E-state index contributed by atoms with van der Waals surface area (Å²) in [4.78, 5) is 12.4. The van der Waals surface area contributed by atoms with Crippen LogP contribution in [0.4, 0.5) is 0 Å². The molecule has 7 nitrogen and oxygen atoms in total. The molecule has 0 aliphatic carbocycles. The summed E-state index contributed by atoms with van der Waals surface area (Å²) in [5.74, 6) is 1.27. The summed E-state index contributed by atoms with van der Waals surface area (Å²) in [6.07, 6.45) is 2.48. The molecule has 2 aromatic heterocycles. The maximum absolute atomic E-state index is 12.4. The van der Waals surface area contributed by atoms with Crippen LogP contribution in [0.25, 0.3) is 5.65 Å². The topological polar surface area (TPSA) is 92.3 Å². The number of carbonyl (C=O) groups is 1. The fourth-order valence-corrected chi connectivity index (χ4v) is 3.07. The van der Waals surface area contributed by atoms with Gasteiger partial charge in [0.1, 0.15) is 18.2 Å². The Bertz CT molecular complexity index is 1210. The number of amides is 1. The van der Waals surface area contributed by atoms with Gasteiger partial charge in [0.2, 0.25) is 0 Å². The predicted octanol–water partition coefficient (Wildman–Crippen LogP) is 3.15. The Morgan fingerprint density at radius 1 is 1.03 bits per heavy atom. The lowest BCUT2D eigenvalue weighted by Crippen LogP contribution is -2.26. The summed E-state index contributed by atoms with van der Waals surface area (Å²) < 4.78 is 7.64. The SMILES string of the molecule is N#Cc1ccccc1COc1ccc(C(=O)NCCc2nnc3ccccn23)cc1. The van der Waals surface area contributed by atoms with Gasteiger partial charge in [-0.3, -0.25) is 9.20 Å². The zero-order valence-electron chi connectivity index (χ0n) is 16.2. The minimum Gasteiger partial charge on any atom is -0.489 e. The Morgan fingerprint density at radius 3 is 2.67 bits per heavy atom. The first kappa shape index (κ1) is 19.2. The number of rotatable bonds is 7. The Kier molecular flexibility index (Phi) is 5.67. The standard InChI is InChI=1S/C23H19N5O2/c24-15-18-5-1-2-6-19(18)16-30-20-10-8-17(9-11-20)23(29)25-13-12-22-27-26-21-7-3-4-14-28(21)22/h1-11,14H,12-13,16H2,(H,25,29). The third-order valence-corrected chi connectivity index (χ3v) is 4.67. The van der Waals surface area contributed by atoms with Gasteiger partial charge in [0.05, 0.1) is 11.6 Å². The van der Waals surface area contributed by atoms with Crippen molar-refractivity contribution in [3.05, 3.63) is 95.4 Å². The van der Waals surface area contributed by atoms with Gasteiger partial charge >= 0.3 is 0 Å². The number of nitrogens with zero attached hydrogens (tertiary/aromatic N) is 4. The number of carbonyl (C=O) groups excluding carboxylic acids is 1. The van der Waals surface area contributed by atoms with Crippen molar-refractivity contribution in [1.29, 1.82) is 5.26 Å². The lowest BCUT2D eigenvalue weighted by Gasteiger charge is -2.09. The highest BCUT2D eigenvalue weighted by atomic mass is 16.5. The second-order valence-electron chi connectivity index (χ2n) is 6.63. The molecule has 1 amide bonds. The zero-order valence-corrected chi connectivity index (χ0v) is 16.2. The fraction of sp³-hybridized carbons (Fsp3) is 0.130. The molecule has 0 radical (unpaired) electrons. The quantitative estimate of drug-likeness (QED) is 0.517. The van der Waals surface area contributed by atoms with Gasteiger partial charge in [0.15, 0.2) is 5.65 Å². The van der Waals surface area contributed by atoms with Crippen LogP contribution < -0.4 is 10.1 Å². The second-order valence-corrected chi connectivity index (χ2v) is 6.63. The molecule has 2 aromatic carbocycles. The molecule has 0 atom stereocenters. The number of aromatic nitrogens is 3. The molecule has 0 spiro atoms. The molecular formula is C23H19N5O2. The molecule has 0 aliphatic heterocycles. The van der Waals surface area contributed by atoms with Gasteiger partial charge in [-0.05, 0) is 42.5 Å². The normalized spacial score (nSPS) is 10.5. The molecule has 2 heterocycles. The van der Waals surface area contributed by atoms with Crippen molar-refractivity contribution < 1.29 is 9.53 Å². The van der Waals surface area contributed by atoms with E-state index >= 15 is 0 Å². The summed E-state index contributed by atoms with van der Waals surface area (Å²) in [7, 11) is 0. The van der Waals surface area contributed by atoms with E-state index in [9.17, 15) is 4.79 Å². The summed E-state index contributed by atoms with van der Waals surface area (Å²) in [6.45, 7) is 0.749. The van der Waals surface area contributed by atoms with Gasteiger partial charge in [-0.25, -0.2) is 0 Å². The number of nitriles is 1. The first-order chi connectivity index (χ1) is 14.7. The highest BCUT2D eigenvalue weighted by Crippen LogP contribution is 2.16. The lowest BCUT2D eigenvalue weighted by atomic mass is 10.1. The number of ether oxygens (including phenoxy) is 1. The van der Waals surface area contributed by atoms with Crippen molar-refractivity contribution in [2.75, 3.05) is 6.54 Å². The molecule has 7 heteroatoms. The first-order valence-corrected chi connectivity index (χ1v) is 9.52. The van der Waals surface area contributed by atoms with Crippen LogP contribution in [0.5, 0.6) is 5.75 Å². The third kappa shape index (κ3) is 4.28. The van der Waals surface area contributed by atoms with Crippen molar-refractivity contribution in [3.63, 3.8) is 0 Å². The van der Waals surface area contributed by atoms with E-state index in [1.807, 2.05) is 47.0 Å². The summed E-state index contributed by atoms with van der Waals surface area (Å²) in [5.41, 5.74) is 2.74. The maximum atomic E-state index is 12.4. The fourth-order valence-electron chi connectivity index (χ4n) is 3.07. The monoisotopic (exact) mass is 397 g/mol. The lowest BCUT2D eigenvalue weighted by molar-refractivity contribution is 0.0954. The van der Waals surface area contributed by atoms with Gasteiger partial charge in [0.25, 0.3) is 5.91 Å². The van der Waals surface area contributed by atoms with Crippen LogP contribution >= 0.6 is 0 Å². The van der Waals surface area contributed by atoms with E-state index in [-0.39, 0.29) is 5.91 Å². The third-order valence-electron chi connectivity index (χ3n) is 4.67. The van der Waals surface area contributed by atoms with E-state index in [0.29, 0.717) is 36.4 Å². The van der Waals surface area contributed by atoms with Crippen molar-refractivity contribution >= 4 is 11.6 Å². The molecule has 0 fully saturated rings. The highest BCUT2D eigenvalue weighted by Gasteiger charge is 2.08. The summed E-state index contributed by atoms with van der Waals surface area (Å²) in [5, 5.41) is 20.3. The second kappa shape index (κ2) is 8.88. The van der Waals surface area contributed by atoms with E-state index in [2.05, 4.69) is 21.6 Å². The Balaban J connectivity index is 1.30. The Morgan fingerprint density at radius 2 is 1.83 bits per heavy atom. The van der Waals surface area contributed by atoms with E-state index < -0.39 is 0 Å². The number of hydrogen-bond acceptors (Lipinski definition) is 5. The van der Waals surface area contributed by atoms with Crippen molar-refractivity contribution in [3.8, 4) is 11.8 Å². The molecule has 4 rings (SSSR count). The van der Waals surface area contributed by atoms with Crippen LogP contribution in [-0.2, 0) is 13.0 Å². The number of nitrogens with one attached hydrogen (secondary N) is 1. The van der Waals surface area contributed by atoms with Gasteiger partial charge in [-0.15, -0.1) is 10.2 Å². The molecule has 0 unspecified atom stereocenters. The van der Waals surface area contributed by atoms with Gasteiger partial charge in [-0.1, -0.05) is 24.3 Å². The largest absolute Gasteiger partial charge is 0.489 e. The van der Waals surface area contributed by atoms with Crippen LogP contribution in [0.2, 0.25) is 0 Å². The molecule has 0 bridgehead atoms. The highest BCUT2D eigenvalue weighted by molar-refractivity contribution is 5.94. The number of benzene rings is 2. The van der Waals surface area contributed by atoms with E-state index in [1.54, 1.807) is 30.3 Å². The van der Waals surface area contributed by atoms with Crippen LogP contribution in [-0.4, -0.2) is 27.0 Å². The Hall–Kier alpha value is -4.18. The smallest absolute Gasteiger partial charge is 0.251 e. The van der Waals surface area contributed by atoms with Crippen LogP contribution in [0.3, 0.4) is 0 Å². The maximum Gasteiger partial charge on any atom is 0.251 e. The molecule has 0 saturated carbocycles. The Labute approximate surface area is 173 Å². The number of pyridine rings is 1. The molecule has 0 aliphatic rings. The van der Waals surface area contributed by atoms with Crippen LogP contribution in [0, 0.1) is 11.3 Å². The minimum absolute atomic E-state index is 0.162. The molecule has 1 N–H and O–H groups in total. The van der Waals surface area contributed by atoms with Crippen molar-refractivity contribution in [2.45, 2.75) is 13.0 Å². The van der Waals surface area contributed by atoms with E-state index in [0.717, 1.165) is 17.0 Å². The van der Waals surface area contributed by atoms with Crippen molar-refractivity contribution in [1.82, 2.24) is 19.9 Å². The van der Waals surface area contributed by atoms with Crippen LogP contribution in [0.1, 0.15) is 27.3 Å². The zero-order chi connectivity index (χ0) is 20.8. The van der Waals surface area contributed by atoms with Gasteiger partial charge in [0, 0.05) is 30.3 Å². The van der Waals surface area contributed by atoms with Gasteiger partial charge in [-0.2, -0.15) is 5.26 Å². The van der Waals surface area contributed by atoms with Gasteiger partial charge < -0.3 is 10.1 Å². The molecule has 148 valence electrons. The summed E-state index contributed by atoms with van der Waals surface area (Å²) >= 11 is 0. The van der Waals surface area contributed by atoms with E-state index in [4.69, 9.17) is 10.00 Å². The molecule has 4 aromatic rings. The predicted molar refractivity (Wildman–Crippen MR) is 111 cm³/mol. The van der Waals surface area contributed by atoms with Crippen molar-refractivity contribution in [2.24, 2.45) is 0 Å². The summed E-state index contributed by atoms with van der Waals surface area (Å²) in [6, 6.07) is 22.1. The molecule has 30 heavy (non-hydrogen) atoms. The average molecular weight is 397 g/mol. The molecule has 0 saturated heterocycles. The average Bonchev–Trinajstić information content (AvgIpc) is 3.21. The molecular weight excluding hydrogens is 378 g/mol.